The molecule has 0 aliphatic heterocycles. The van der Waals surface area contributed by atoms with Crippen LogP contribution >= 0.6 is 0 Å². The molecule has 0 aromatic heterocycles. The zero-order valence-electron chi connectivity index (χ0n) is 9.56. The van der Waals surface area contributed by atoms with Crippen LogP contribution in [0.2, 0.25) is 0 Å². The summed E-state index contributed by atoms with van der Waals surface area (Å²) in [4.78, 5) is 10.8. The van der Waals surface area contributed by atoms with E-state index in [0.717, 1.165) is 0 Å². The van der Waals surface area contributed by atoms with E-state index in [1.165, 1.54) is 0 Å². The predicted octanol–water partition coefficient (Wildman–Crippen LogP) is 1.33. The topological polar surface area (TPSA) is 72.6 Å². The van der Waals surface area contributed by atoms with E-state index in [0.29, 0.717) is 17.7 Å². The Hall–Kier alpha value is -1.55. The van der Waals surface area contributed by atoms with Gasteiger partial charge in [-0.3, -0.25) is 4.79 Å². The molecule has 4 nitrogen and oxygen atoms in total. The molecule has 88 valence electrons. The molecule has 1 rings (SSSR count). The van der Waals surface area contributed by atoms with Gasteiger partial charge in [-0.05, 0) is 38.1 Å². The van der Waals surface area contributed by atoms with Crippen LogP contribution in [0.1, 0.15) is 30.6 Å². The first kappa shape index (κ1) is 12.5. The van der Waals surface area contributed by atoms with E-state index in [1.54, 1.807) is 24.3 Å². The van der Waals surface area contributed by atoms with Crippen molar-refractivity contribution >= 4 is 5.91 Å². The van der Waals surface area contributed by atoms with Gasteiger partial charge in [-0.2, -0.15) is 0 Å². The maximum atomic E-state index is 10.8. The predicted molar refractivity (Wildman–Crippen MR) is 61.4 cm³/mol. The van der Waals surface area contributed by atoms with Crippen molar-refractivity contribution in [2.75, 3.05) is 6.61 Å². The van der Waals surface area contributed by atoms with Crippen LogP contribution in [-0.4, -0.2) is 23.2 Å². The van der Waals surface area contributed by atoms with Crippen molar-refractivity contribution in [1.29, 1.82) is 0 Å². The van der Waals surface area contributed by atoms with E-state index in [-0.39, 0.29) is 6.61 Å². The average Bonchev–Trinajstić information content (AvgIpc) is 2.17. The number of rotatable bonds is 5. The van der Waals surface area contributed by atoms with Crippen LogP contribution in [0.3, 0.4) is 0 Å². The first-order valence-electron chi connectivity index (χ1n) is 5.14. The minimum atomic E-state index is -0.457. The van der Waals surface area contributed by atoms with E-state index < -0.39 is 11.5 Å². The van der Waals surface area contributed by atoms with Crippen molar-refractivity contribution in [1.82, 2.24) is 0 Å². The van der Waals surface area contributed by atoms with Gasteiger partial charge < -0.3 is 15.6 Å². The Labute approximate surface area is 95.0 Å². The van der Waals surface area contributed by atoms with Crippen LogP contribution in [0.15, 0.2) is 24.3 Å². The second-order valence-corrected chi connectivity index (χ2v) is 4.22. The molecule has 16 heavy (non-hydrogen) atoms. The average molecular weight is 223 g/mol. The van der Waals surface area contributed by atoms with E-state index in [2.05, 4.69) is 0 Å². The van der Waals surface area contributed by atoms with Crippen molar-refractivity contribution in [3.8, 4) is 5.75 Å². The van der Waals surface area contributed by atoms with Crippen molar-refractivity contribution in [2.24, 2.45) is 5.73 Å². The first-order valence-corrected chi connectivity index (χ1v) is 5.14. The summed E-state index contributed by atoms with van der Waals surface area (Å²) in [6, 6.07) is 6.62. The minimum Gasteiger partial charge on any atom is -0.488 e. The van der Waals surface area contributed by atoms with E-state index in [9.17, 15) is 4.79 Å². The summed E-state index contributed by atoms with van der Waals surface area (Å²) < 4.78 is 5.66. The number of nitrogens with two attached hydrogens (primary N) is 1. The Bertz CT molecular complexity index is 357. The highest BCUT2D eigenvalue weighted by molar-refractivity contribution is 5.92. The van der Waals surface area contributed by atoms with Gasteiger partial charge >= 0.3 is 0 Å². The van der Waals surface area contributed by atoms with E-state index >= 15 is 0 Å². The lowest BCUT2D eigenvalue weighted by molar-refractivity contribution is 0.0765. The summed E-state index contributed by atoms with van der Waals surface area (Å²) in [5.74, 6) is 0.199. The lowest BCUT2D eigenvalue weighted by Crippen LogP contribution is -2.29. The van der Waals surface area contributed by atoms with Crippen LogP contribution in [-0.2, 0) is 0 Å². The number of amides is 1. The van der Waals surface area contributed by atoms with Crippen LogP contribution in [0.5, 0.6) is 5.75 Å². The van der Waals surface area contributed by atoms with E-state index in [1.807, 2.05) is 13.8 Å². The summed E-state index contributed by atoms with van der Waals surface area (Å²) in [6.07, 6.45) is 0.546. The number of carbonyl (C=O) groups excluding carboxylic acids is 1. The van der Waals surface area contributed by atoms with Gasteiger partial charge in [-0.1, -0.05) is 0 Å². The molecule has 0 spiro atoms. The molecule has 0 aliphatic rings. The van der Waals surface area contributed by atoms with Crippen molar-refractivity contribution in [2.45, 2.75) is 25.9 Å². The molecule has 1 aromatic rings. The third-order valence-electron chi connectivity index (χ3n) is 2.25. The quantitative estimate of drug-likeness (QED) is 0.790. The maximum absolute atomic E-state index is 10.8. The zero-order valence-corrected chi connectivity index (χ0v) is 9.56. The number of carbonyl (C=O) groups is 1. The number of aliphatic hydroxyl groups is 1. The number of aliphatic hydroxyl groups excluding tert-OH is 1. The van der Waals surface area contributed by atoms with Gasteiger partial charge in [0.05, 0.1) is 0 Å². The highest BCUT2D eigenvalue weighted by atomic mass is 16.5. The normalized spacial score (nSPS) is 11.2. The fourth-order valence-electron chi connectivity index (χ4n) is 1.33. The number of benzene rings is 1. The highest BCUT2D eigenvalue weighted by Gasteiger charge is 2.18. The van der Waals surface area contributed by atoms with Crippen LogP contribution in [0, 0.1) is 0 Å². The smallest absolute Gasteiger partial charge is 0.248 e. The van der Waals surface area contributed by atoms with Gasteiger partial charge in [0.2, 0.25) is 5.91 Å². The first-order chi connectivity index (χ1) is 7.44. The SMILES string of the molecule is CC(C)(CCO)Oc1ccc(C(N)=O)cc1. The molecule has 0 heterocycles. The molecular weight excluding hydrogens is 206 g/mol. The van der Waals surface area contributed by atoms with Crippen LogP contribution < -0.4 is 10.5 Å². The summed E-state index contributed by atoms with van der Waals surface area (Å²) in [5, 5.41) is 8.86. The Morgan fingerprint density at radius 3 is 2.38 bits per heavy atom. The molecule has 0 saturated heterocycles. The molecule has 1 amide bonds. The minimum absolute atomic E-state index is 0.0758. The maximum Gasteiger partial charge on any atom is 0.248 e. The van der Waals surface area contributed by atoms with Crippen molar-refractivity contribution in [3.05, 3.63) is 29.8 Å². The van der Waals surface area contributed by atoms with Crippen LogP contribution in [0.25, 0.3) is 0 Å². The second-order valence-electron chi connectivity index (χ2n) is 4.22. The summed E-state index contributed by atoms with van der Waals surface area (Å²) >= 11 is 0. The van der Waals surface area contributed by atoms with Crippen molar-refractivity contribution < 1.29 is 14.6 Å². The number of primary amides is 1. The van der Waals surface area contributed by atoms with Gasteiger partial charge in [0.25, 0.3) is 0 Å². The molecular formula is C12H17NO3. The molecule has 0 aliphatic carbocycles. The molecule has 3 N–H and O–H groups in total. The summed E-state index contributed by atoms with van der Waals surface area (Å²) in [5.41, 5.74) is 5.15. The lowest BCUT2D eigenvalue weighted by atomic mass is 10.1. The largest absolute Gasteiger partial charge is 0.488 e. The highest BCUT2D eigenvalue weighted by Crippen LogP contribution is 2.21. The van der Waals surface area contributed by atoms with Gasteiger partial charge in [0, 0.05) is 18.6 Å². The molecule has 0 unspecified atom stereocenters. The number of hydrogen-bond acceptors (Lipinski definition) is 3. The Morgan fingerprint density at radius 2 is 1.94 bits per heavy atom. The fraction of sp³-hybridized carbons (Fsp3) is 0.417. The molecule has 0 saturated carbocycles. The second kappa shape index (κ2) is 4.99. The van der Waals surface area contributed by atoms with Gasteiger partial charge in [-0.25, -0.2) is 0 Å². The standard InChI is InChI=1S/C12H17NO3/c1-12(2,7-8-14)16-10-5-3-9(4-6-10)11(13)15/h3-6,14H,7-8H2,1-2H3,(H2,13,15). The Kier molecular flexibility index (Phi) is 3.90. The van der Waals surface area contributed by atoms with Gasteiger partial charge in [0.15, 0.2) is 0 Å². The molecule has 4 heteroatoms. The van der Waals surface area contributed by atoms with E-state index in [4.69, 9.17) is 15.6 Å². The van der Waals surface area contributed by atoms with Gasteiger partial charge in [-0.15, -0.1) is 0 Å². The molecule has 0 atom stereocenters. The zero-order chi connectivity index (χ0) is 12.2. The fourth-order valence-corrected chi connectivity index (χ4v) is 1.33. The van der Waals surface area contributed by atoms with Gasteiger partial charge in [0.1, 0.15) is 11.4 Å². The third kappa shape index (κ3) is 3.55. The summed E-state index contributed by atoms with van der Waals surface area (Å²) in [7, 11) is 0. The monoisotopic (exact) mass is 223 g/mol. The Morgan fingerprint density at radius 1 is 1.38 bits per heavy atom. The molecule has 1 aromatic carbocycles. The molecule has 0 fully saturated rings. The third-order valence-corrected chi connectivity index (χ3v) is 2.25. The number of hydrogen-bond donors (Lipinski definition) is 2. The number of ether oxygens (including phenoxy) is 1. The Balaban J connectivity index is 2.72. The summed E-state index contributed by atoms with van der Waals surface area (Å²) in [6.45, 7) is 3.86. The molecule has 0 bridgehead atoms. The van der Waals surface area contributed by atoms with Crippen molar-refractivity contribution in [3.63, 3.8) is 0 Å². The van der Waals surface area contributed by atoms with Crippen LogP contribution in [0.4, 0.5) is 0 Å². The lowest BCUT2D eigenvalue weighted by Gasteiger charge is -2.25. The molecule has 0 radical (unpaired) electrons.